The zero-order chi connectivity index (χ0) is 8.41. The third kappa shape index (κ3) is 7.87. The van der Waals surface area contributed by atoms with Crippen molar-refractivity contribution in [3.8, 4) is 0 Å². The molecule has 0 bridgehead atoms. The van der Waals surface area contributed by atoms with Gasteiger partial charge in [0.1, 0.15) is 0 Å². The minimum absolute atomic E-state index is 0.0197. The first-order chi connectivity index (χ1) is 4.21. The summed E-state index contributed by atoms with van der Waals surface area (Å²) in [5.74, 6) is 0. The van der Waals surface area contributed by atoms with Gasteiger partial charge in [0.25, 0.3) is 10.1 Å². The Morgan fingerprint density at radius 3 is 2.00 bits per heavy atom. The maximum absolute atomic E-state index is 10.4. The predicted octanol–water partition coefficient (Wildman–Crippen LogP) is -0.300. The summed E-state index contributed by atoms with van der Waals surface area (Å²) in [7, 11) is -3.34. The van der Waals surface area contributed by atoms with Gasteiger partial charge in [0.05, 0.1) is 12.9 Å². The van der Waals surface area contributed by atoms with Crippen molar-refractivity contribution in [2.24, 2.45) is 5.73 Å². The first-order valence-corrected chi connectivity index (χ1v) is 4.66. The molecule has 0 rings (SSSR count). The fraction of sp³-hybridized carbons (Fsp3) is 1.00. The molecule has 0 heterocycles. The second kappa shape index (κ2) is 2.86. The Hall–Kier alpha value is -0.130. The molecule has 2 N–H and O–H groups in total. The fourth-order valence-corrected chi connectivity index (χ4v) is 0.777. The van der Waals surface area contributed by atoms with Crippen LogP contribution in [-0.2, 0) is 14.3 Å². The fourth-order valence-electron chi connectivity index (χ4n) is 0.259. The molecular formula is C5H13NO3S. The minimum atomic E-state index is -3.34. The normalized spacial score (nSPS) is 13.6. The largest absolute Gasteiger partial charge is 0.324 e. The Morgan fingerprint density at radius 2 is 1.90 bits per heavy atom. The van der Waals surface area contributed by atoms with Gasteiger partial charge in [-0.2, -0.15) is 8.42 Å². The van der Waals surface area contributed by atoms with Crippen molar-refractivity contribution in [2.75, 3.05) is 12.9 Å². The van der Waals surface area contributed by atoms with Crippen LogP contribution in [0.2, 0.25) is 0 Å². The quantitative estimate of drug-likeness (QED) is 0.586. The molecule has 0 aromatic carbocycles. The molecule has 0 aliphatic rings. The van der Waals surface area contributed by atoms with E-state index in [2.05, 4.69) is 4.18 Å². The molecule has 0 saturated carbocycles. The minimum Gasteiger partial charge on any atom is -0.324 e. The summed E-state index contributed by atoms with van der Waals surface area (Å²) >= 11 is 0. The van der Waals surface area contributed by atoms with Gasteiger partial charge in [-0.25, -0.2) is 0 Å². The Balaban J connectivity index is 3.79. The van der Waals surface area contributed by atoms with E-state index in [0.717, 1.165) is 6.26 Å². The number of rotatable bonds is 3. The highest BCUT2D eigenvalue weighted by Crippen LogP contribution is 1.99. The zero-order valence-corrected chi connectivity index (χ0v) is 7.23. The SMILES string of the molecule is CC(C)(N)COS(C)(=O)=O. The third-order valence-electron chi connectivity index (χ3n) is 0.645. The molecular weight excluding hydrogens is 154 g/mol. The lowest BCUT2D eigenvalue weighted by molar-refractivity contribution is 0.250. The van der Waals surface area contributed by atoms with Gasteiger partial charge in [-0.1, -0.05) is 0 Å². The third-order valence-corrected chi connectivity index (χ3v) is 1.19. The van der Waals surface area contributed by atoms with E-state index in [-0.39, 0.29) is 6.61 Å². The van der Waals surface area contributed by atoms with Gasteiger partial charge < -0.3 is 5.73 Å². The number of hydrogen-bond donors (Lipinski definition) is 1. The van der Waals surface area contributed by atoms with Gasteiger partial charge in [0.15, 0.2) is 0 Å². The summed E-state index contributed by atoms with van der Waals surface area (Å²) in [6.45, 7) is 3.40. The Bertz CT molecular complexity index is 189. The van der Waals surface area contributed by atoms with Crippen molar-refractivity contribution >= 4 is 10.1 Å². The van der Waals surface area contributed by atoms with Gasteiger partial charge in [-0.15, -0.1) is 0 Å². The first-order valence-electron chi connectivity index (χ1n) is 2.84. The van der Waals surface area contributed by atoms with Crippen LogP contribution in [0.15, 0.2) is 0 Å². The maximum atomic E-state index is 10.4. The Morgan fingerprint density at radius 1 is 1.50 bits per heavy atom. The van der Waals surface area contributed by atoms with Gasteiger partial charge in [-0.3, -0.25) is 4.18 Å². The van der Waals surface area contributed by atoms with Gasteiger partial charge in [0, 0.05) is 5.54 Å². The van der Waals surface area contributed by atoms with E-state index in [1.807, 2.05) is 0 Å². The number of nitrogens with two attached hydrogens (primary N) is 1. The smallest absolute Gasteiger partial charge is 0.264 e. The average Bonchev–Trinajstić information content (AvgIpc) is 1.57. The highest BCUT2D eigenvalue weighted by atomic mass is 32.2. The van der Waals surface area contributed by atoms with E-state index in [9.17, 15) is 8.42 Å². The molecule has 0 aromatic rings. The van der Waals surface area contributed by atoms with Crippen molar-refractivity contribution in [1.82, 2.24) is 0 Å². The molecule has 0 saturated heterocycles. The topological polar surface area (TPSA) is 69.4 Å². The standard InChI is InChI=1S/C5H13NO3S/c1-5(2,6)4-9-10(3,7)8/h4,6H2,1-3H3. The summed E-state index contributed by atoms with van der Waals surface area (Å²) < 4.78 is 25.2. The molecule has 0 atom stereocenters. The average molecular weight is 167 g/mol. The summed E-state index contributed by atoms with van der Waals surface area (Å²) in [5.41, 5.74) is 4.86. The highest BCUT2D eigenvalue weighted by molar-refractivity contribution is 7.85. The number of hydrogen-bond acceptors (Lipinski definition) is 4. The van der Waals surface area contributed by atoms with E-state index in [1.165, 1.54) is 0 Å². The Kier molecular flexibility index (Phi) is 2.82. The van der Waals surface area contributed by atoms with Crippen LogP contribution in [0.4, 0.5) is 0 Å². The van der Waals surface area contributed by atoms with Gasteiger partial charge >= 0.3 is 0 Å². The highest BCUT2D eigenvalue weighted by Gasteiger charge is 2.13. The van der Waals surface area contributed by atoms with E-state index in [0.29, 0.717) is 0 Å². The monoisotopic (exact) mass is 167 g/mol. The van der Waals surface area contributed by atoms with Crippen LogP contribution < -0.4 is 5.73 Å². The van der Waals surface area contributed by atoms with Crippen LogP contribution in [0, 0.1) is 0 Å². The Labute approximate surface area is 61.5 Å². The summed E-state index contributed by atoms with van der Waals surface area (Å²) in [4.78, 5) is 0. The second-order valence-electron chi connectivity index (χ2n) is 2.95. The van der Waals surface area contributed by atoms with Crippen LogP contribution in [0.25, 0.3) is 0 Å². The van der Waals surface area contributed by atoms with Crippen LogP contribution in [0.3, 0.4) is 0 Å². The van der Waals surface area contributed by atoms with E-state index in [1.54, 1.807) is 13.8 Å². The molecule has 10 heavy (non-hydrogen) atoms. The maximum Gasteiger partial charge on any atom is 0.264 e. The predicted molar refractivity (Wildman–Crippen MR) is 39.1 cm³/mol. The molecule has 0 unspecified atom stereocenters. The van der Waals surface area contributed by atoms with E-state index < -0.39 is 15.7 Å². The lowest BCUT2D eigenvalue weighted by Crippen LogP contribution is -2.38. The molecule has 0 aliphatic carbocycles. The summed E-state index contributed by atoms with van der Waals surface area (Å²) in [5, 5.41) is 0. The van der Waals surface area contributed by atoms with Crippen molar-refractivity contribution in [1.29, 1.82) is 0 Å². The van der Waals surface area contributed by atoms with Crippen molar-refractivity contribution in [2.45, 2.75) is 19.4 Å². The second-order valence-corrected chi connectivity index (χ2v) is 4.60. The molecule has 62 valence electrons. The zero-order valence-electron chi connectivity index (χ0n) is 6.42. The van der Waals surface area contributed by atoms with Crippen molar-refractivity contribution < 1.29 is 12.6 Å². The van der Waals surface area contributed by atoms with Gasteiger partial charge in [-0.05, 0) is 13.8 Å². The lowest BCUT2D eigenvalue weighted by Gasteiger charge is -2.16. The van der Waals surface area contributed by atoms with E-state index >= 15 is 0 Å². The van der Waals surface area contributed by atoms with E-state index in [4.69, 9.17) is 5.73 Å². The molecule has 0 aliphatic heterocycles. The molecule has 0 amide bonds. The lowest BCUT2D eigenvalue weighted by atomic mass is 10.1. The van der Waals surface area contributed by atoms with Crippen LogP contribution in [0.1, 0.15) is 13.8 Å². The molecule has 0 radical (unpaired) electrons. The van der Waals surface area contributed by atoms with Gasteiger partial charge in [0.2, 0.25) is 0 Å². The van der Waals surface area contributed by atoms with Crippen LogP contribution >= 0.6 is 0 Å². The molecule has 0 aromatic heterocycles. The molecule has 0 spiro atoms. The van der Waals surface area contributed by atoms with Crippen molar-refractivity contribution in [3.63, 3.8) is 0 Å². The molecule has 5 heteroatoms. The molecule has 4 nitrogen and oxygen atoms in total. The van der Waals surface area contributed by atoms with Crippen molar-refractivity contribution in [3.05, 3.63) is 0 Å². The molecule has 0 fully saturated rings. The summed E-state index contributed by atoms with van der Waals surface area (Å²) in [6, 6.07) is 0. The first kappa shape index (κ1) is 9.87. The van der Waals surface area contributed by atoms with Crippen LogP contribution in [0.5, 0.6) is 0 Å². The van der Waals surface area contributed by atoms with Crippen LogP contribution in [-0.4, -0.2) is 26.8 Å². The summed E-state index contributed by atoms with van der Waals surface area (Å²) in [6.07, 6.45) is 0.999.